The van der Waals surface area contributed by atoms with E-state index in [2.05, 4.69) is 11.1 Å². The molecular weight excluding hydrogens is 394 g/mol. The van der Waals surface area contributed by atoms with Gasteiger partial charge in [-0.05, 0) is 62.8 Å². The molecule has 0 amide bonds. The van der Waals surface area contributed by atoms with Gasteiger partial charge in [-0.25, -0.2) is 8.42 Å². The quantitative estimate of drug-likeness (QED) is 0.493. The van der Waals surface area contributed by atoms with E-state index in [0.717, 1.165) is 69.8 Å². The average Bonchev–Trinajstić information content (AvgIpc) is 2.81. The Morgan fingerprint density at radius 1 is 0.833 bits per heavy atom. The van der Waals surface area contributed by atoms with E-state index < -0.39 is 9.84 Å². The predicted octanol–water partition coefficient (Wildman–Crippen LogP) is 4.88. The second-order valence-corrected chi connectivity index (χ2v) is 11.6. The number of nitriles is 1. The summed E-state index contributed by atoms with van der Waals surface area (Å²) in [6.45, 7) is 2.11. The zero-order valence-corrected chi connectivity index (χ0v) is 18.8. The SMILES string of the molecule is N#CN(c1ccc(S(=O)(=O)C2CCCCC2)cc1)C1CCN(C2CCCCC2)CC1. The first kappa shape index (κ1) is 21.6. The summed E-state index contributed by atoms with van der Waals surface area (Å²) in [6.07, 6.45) is 15.8. The number of nitrogens with zero attached hydrogens (tertiary/aromatic N) is 3. The van der Waals surface area contributed by atoms with Crippen molar-refractivity contribution < 1.29 is 8.42 Å². The van der Waals surface area contributed by atoms with Crippen LogP contribution in [0.1, 0.15) is 77.0 Å². The number of sulfone groups is 1. The van der Waals surface area contributed by atoms with Gasteiger partial charge in [0, 0.05) is 25.2 Å². The molecule has 1 saturated heterocycles. The third kappa shape index (κ3) is 4.68. The maximum Gasteiger partial charge on any atom is 0.184 e. The number of hydrogen-bond acceptors (Lipinski definition) is 5. The van der Waals surface area contributed by atoms with Crippen molar-refractivity contribution in [2.45, 2.75) is 99.3 Å². The Morgan fingerprint density at radius 2 is 1.40 bits per heavy atom. The molecule has 30 heavy (non-hydrogen) atoms. The minimum absolute atomic E-state index is 0.204. The van der Waals surface area contributed by atoms with Crippen LogP contribution in [-0.2, 0) is 9.84 Å². The molecule has 3 aliphatic rings. The fourth-order valence-electron chi connectivity index (χ4n) is 5.67. The highest BCUT2D eigenvalue weighted by Crippen LogP contribution is 2.31. The van der Waals surface area contributed by atoms with Crippen LogP contribution in [0, 0.1) is 11.5 Å². The molecule has 3 fully saturated rings. The molecule has 0 atom stereocenters. The fraction of sp³-hybridized carbons (Fsp3) is 0.708. The maximum atomic E-state index is 12.9. The lowest BCUT2D eigenvalue weighted by Crippen LogP contribution is -2.47. The lowest BCUT2D eigenvalue weighted by molar-refractivity contribution is 0.123. The van der Waals surface area contributed by atoms with Crippen LogP contribution in [0.15, 0.2) is 29.2 Å². The Morgan fingerprint density at radius 3 is 1.97 bits per heavy atom. The molecule has 0 N–H and O–H groups in total. The summed E-state index contributed by atoms with van der Waals surface area (Å²) in [5.41, 5.74) is 0.816. The zero-order valence-electron chi connectivity index (χ0n) is 18.0. The first-order chi connectivity index (χ1) is 14.6. The van der Waals surface area contributed by atoms with Crippen molar-refractivity contribution >= 4 is 15.5 Å². The van der Waals surface area contributed by atoms with Crippen molar-refractivity contribution in [1.29, 1.82) is 5.26 Å². The van der Waals surface area contributed by atoms with E-state index in [1.807, 2.05) is 12.1 Å². The lowest BCUT2D eigenvalue weighted by atomic mass is 9.92. The van der Waals surface area contributed by atoms with Gasteiger partial charge in [0.05, 0.1) is 15.8 Å². The van der Waals surface area contributed by atoms with Crippen LogP contribution >= 0.6 is 0 Å². The van der Waals surface area contributed by atoms with Gasteiger partial charge in [0.1, 0.15) is 0 Å². The van der Waals surface area contributed by atoms with Crippen LogP contribution in [0.3, 0.4) is 0 Å². The van der Waals surface area contributed by atoms with Crippen molar-refractivity contribution in [2.75, 3.05) is 18.0 Å². The van der Waals surface area contributed by atoms with Gasteiger partial charge >= 0.3 is 0 Å². The fourth-order valence-corrected chi connectivity index (χ4v) is 7.52. The van der Waals surface area contributed by atoms with Crippen LogP contribution < -0.4 is 4.90 Å². The standard InChI is InChI=1S/C24H35N3O2S/c25-19-27(22-15-17-26(18-16-22)20-7-3-1-4-8-20)21-11-13-24(14-12-21)30(28,29)23-9-5-2-6-10-23/h11-14,20,22-23H,1-10,15-18H2. The number of rotatable bonds is 5. The van der Waals surface area contributed by atoms with Crippen LogP contribution in [0.5, 0.6) is 0 Å². The van der Waals surface area contributed by atoms with Crippen LogP contribution in [0.4, 0.5) is 5.69 Å². The summed E-state index contributed by atoms with van der Waals surface area (Å²) in [4.78, 5) is 4.84. The average molecular weight is 430 g/mol. The Balaban J connectivity index is 1.40. The smallest absolute Gasteiger partial charge is 0.184 e. The van der Waals surface area contributed by atoms with E-state index in [9.17, 15) is 13.7 Å². The largest absolute Gasteiger partial charge is 0.300 e. The van der Waals surface area contributed by atoms with Gasteiger partial charge in [-0.3, -0.25) is 4.90 Å². The molecule has 1 aromatic rings. The Hall–Kier alpha value is -1.58. The number of anilines is 1. The zero-order chi connectivity index (χ0) is 21.0. The molecule has 0 radical (unpaired) electrons. The van der Waals surface area contributed by atoms with E-state index in [4.69, 9.17) is 0 Å². The van der Waals surface area contributed by atoms with E-state index >= 15 is 0 Å². The van der Waals surface area contributed by atoms with Crippen molar-refractivity contribution in [1.82, 2.24) is 4.90 Å². The monoisotopic (exact) mass is 429 g/mol. The normalized spacial score (nSPS) is 23.2. The molecule has 0 spiro atoms. The van der Waals surface area contributed by atoms with Crippen LogP contribution in [0.2, 0.25) is 0 Å². The lowest BCUT2D eigenvalue weighted by Gasteiger charge is -2.41. The minimum atomic E-state index is -3.26. The Kier molecular flexibility index (Phi) is 7.00. The summed E-state index contributed by atoms with van der Waals surface area (Å²) >= 11 is 0. The molecule has 0 unspecified atom stereocenters. The van der Waals surface area contributed by atoms with E-state index in [0.29, 0.717) is 4.90 Å². The van der Waals surface area contributed by atoms with E-state index in [-0.39, 0.29) is 11.3 Å². The van der Waals surface area contributed by atoms with Crippen LogP contribution in [-0.4, -0.2) is 43.7 Å². The van der Waals surface area contributed by atoms with Crippen molar-refractivity contribution in [3.05, 3.63) is 24.3 Å². The molecule has 1 heterocycles. The van der Waals surface area contributed by atoms with Crippen molar-refractivity contribution in [3.8, 4) is 6.19 Å². The highest BCUT2D eigenvalue weighted by atomic mass is 32.2. The maximum absolute atomic E-state index is 12.9. The Bertz CT molecular complexity index is 826. The molecule has 1 aromatic carbocycles. The molecule has 5 nitrogen and oxygen atoms in total. The Labute approximate surface area is 182 Å². The molecule has 4 rings (SSSR count). The van der Waals surface area contributed by atoms with E-state index in [1.54, 1.807) is 17.0 Å². The summed E-state index contributed by atoms with van der Waals surface area (Å²) < 4.78 is 25.9. The summed E-state index contributed by atoms with van der Waals surface area (Å²) in [6, 6.07) is 8.01. The van der Waals surface area contributed by atoms with Crippen molar-refractivity contribution in [2.24, 2.45) is 0 Å². The molecule has 1 aliphatic heterocycles. The summed E-state index contributed by atoms with van der Waals surface area (Å²) in [5.74, 6) is 0. The number of hydrogen-bond donors (Lipinski definition) is 0. The van der Waals surface area contributed by atoms with Gasteiger partial charge in [-0.1, -0.05) is 38.5 Å². The first-order valence-electron chi connectivity index (χ1n) is 11.9. The topological polar surface area (TPSA) is 64.4 Å². The molecule has 2 saturated carbocycles. The second kappa shape index (κ2) is 9.70. The molecular formula is C24H35N3O2S. The second-order valence-electron chi connectivity index (χ2n) is 9.33. The molecule has 6 heteroatoms. The molecule has 2 aliphatic carbocycles. The van der Waals surface area contributed by atoms with Gasteiger partial charge in [0.25, 0.3) is 0 Å². The molecule has 0 aromatic heterocycles. The van der Waals surface area contributed by atoms with Gasteiger partial charge in [-0.15, -0.1) is 0 Å². The number of likely N-dealkylation sites (tertiary alicyclic amines) is 1. The first-order valence-corrected chi connectivity index (χ1v) is 13.4. The van der Waals surface area contributed by atoms with Crippen LogP contribution in [0.25, 0.3) is 0 Å². The molecule has 0 bridgehead atoms. The third-order valence-electron chi connectivity index (χ3n) is 7.50. The minimum Gasteiger partial charge on any atom is -0.300 e. The van der Waals surface area contributed by atoms with Crippen molar-refractivity contribution in [3.63, 3.8) is 0 Å². The third-order valence-corrected chi connectivity index (χ3v) is 9.78. The van der Waals surface area contributed by atoms with Gasteiger partial charge < -0.3 is 4.90 Å². The molecule has 164 valence electrons. The number of piperidine rings is 1. The van der Waals surface area contributed by atoms with Gasteiger partial charge in [0.15, 0.2) is 16.0 Å². The summed E-state index contributed by atoms with van der Waals surface area (Å²) in [5, 5.41) is 9.58. The van der Waals surface area contributed by atoms with Gasteiger partial charge in [-0.2, -0.15) is 5.26 Å². The highest BCUT2D eigenvalue weighted by molar-refractivity contribution is 7.92. The summed E-state index contributed by atoms with van der Waals surface area (Å²) in [7, 11) is -3.26. The van der Waals surface area contributed by atoms with E-state index in [1.165, 1.54) is 32.1 Å². The predicted molar refractivity (Wildman–Crippen MR) is 120 cm³/mol. The number of benzene rings is 1. The van der Waals surface area contributed by atoms with Gasteiger partial charge in [0.2, 0.25) is 0 Å². The highest BCUT2D eigenvalue weighted by Gasteiger charge is 2.31.